The summed E-state index contributed by atoms with van der Waals surface area (Å²) in [5, 5.41) is 10.5. The molecule has 4 aromatic rings. The van der Waals surface area contributed by atoms with E-state index in [1.165, 1.54) is 8.97 Å². The van der Waals surface area contributed by atoms with Crippen LogP contribution in [-0.2, 0) is 22.7 Å². The number of rotatable bonds is 8. The number of nitrogens with one attached hydrogen (secondary N) is 2. The number of amides is 2. The van der Waals surface area contributed by atoms with E-state index in [-0.39, 0.29) is 42.8 Å². The molecule has 2 aromatic heterocycles. The zero-order chi connectivity index (χ0) is 25.1. The van der Waals surface area contributed by atoms with Gasteiger partial charge in [-0.1, -0.05) is 42.8 Å². The van der Waals surface area contributed by atoms with E-state index in [9.17, 15) is 19.2 Å². The number of aromatic nitrogens is 4. The summed E-state index contributed by atoms with van der Waals surface area (Å²) in [6.07, 6.45) is 0.814. The van der Waals surface area contributed by atoms with Crippen molar-refractivity contribution >= 4 is 45.8 Å². The quantitative estimate of drug-likeness (QED) is 0.388. The van der Waals surface area contributed by atoms with E-state index in [4.69, 9.17) is 11.6 Å². The van der Waals surface area contributed by atoms with E-state index in [2.05, 4.69) is 15.7 Å². The fourth-order valence-electron chi connectivity index (χ4n) is 3.72. The monoisotopic (exact) mass is 496 g/mol. The van der Waals surface area contributed by atoms with E-state index in [1.54, 1.807) is 48.5 Å². The Labute approximate surface area is 205 Å². The smallest absolute Gasteiger partial charge is 0.352 e. The fourth-order valence-corrected chi connectivity index (χ4v) is 3.91. The van der Waals surface area contributed by atoms with Gasteiger partial charge in [0.15, 0.2) is 0 Å². The summed E-state index contributed by atoms with van der Waals surface area (Å²) in [4.78, 5) is 51.4. The average molecular weight is 497 g/mol. The van der Waals surface area contributed by atoms with Crippen molar-refractivity contribution in [2.75, 3.05) is 5.32 Å². The van der Waals surface area contributed by atoms with Gasteiger partial charge in [0.1, 0.15) is 6.54 Å². The lowest BCUT2D eigenvalue weighted by molar-refractivity contribution is -0.122. The van der Waals surface area contributed by atoms with Crippen molar-refractivity contribution in [3.05, 3.63) is 74.4 Å². The van der Waals surface area contributed by atoms with Crippen LogP contribution in [0.1, 0.15) is 26.7 Å². The molecule has 0 aliphatic rings. The normalized spacial score (nSPS) is 12.1. The SMILES string of the molecule is CCC(C)NC(=O)CCn1c(=O)c2ccccc2n2c(=O)n(CC(=O)Nc3ccccc3Cl)nc12. The first-order valence-corrected chi connectivity index (χ1v) is 11.6. The molecule has 11 heteroatoms. The van der Waals surface area contributed by atoms with Crippen LogP contribution in [0.3, 0.4) is 0 Å². The van der Waals surface area contributed by atoms with Crippen molar-refractivity contribution in [2.45, 2.75) is 45.8 Å². The van der Waals surface area contributed by atoms with Crippen molar-refractivity contribution in [3.8, 4) is 0 Å². The molecule has 4 rings (SSSR count). The summed E-state index contributed by atoms with van der Waals surface area (Å²) < 4.78 is 3.57. The Kier molecular flexibility index (Phi) is 7.02. The van der Waals surface area contributed by atoms with E-state index in [0.717, 1.165) is 11.1 Å². The number of nitrogens with zero attached hydrogens (tertiary/aromatic N) is 4. The third kappa shape index (κ3) is 4.97. The van der Waals surface area contributed by atoms with Gasteiger partial charge in [-0.05, 0) is 37.6 Å². The van der Waals surface area contributed by atoms with Gasteiger partial charge in [0, 0.05) is 19.0 Å². The molecule has 0 saturated heterocycles. The number of halogens is 1. The highest BCUT2D eigenvalue weighted by molar-refractivity contribution is 6.33. The number of hydrogen-bond acceptors (Lipinski definition) is 5. The van der Waals surface area contributed by atoms with Crippen molar-refractivity contribution in [2.24, 2.45) is 0 Å². The Balaban J connectivity index is 1.72. The standard InChI is InChI=1S/C24H25ClN6O4/c1-3-15(2)26-20(32)12-13-29-22(34)16-8-4-7-11-19(16)31-23(29)28-30(24(31)35)14-21(33)27-18-10-6-5-9-17(18)25/h4-11,15H,3,12-14H2,1-2H3,(H,26,32)(H,27,33). The second kappa shape index (κ2) is 10.1. The summed E-state index contributed by atoms with van der Waals surface area (Å²) >= 11 is 6.10. The molecule has 0 radical (unpaired) electrons. The fraction of sp³-hybridized carbons (Fsp3) is 0.292. The Morgan fingerprint density at radius 3 is 2.51 bits per heavy atom. The zero-order valence-corrected chi connectivity index (χ0v) is 20.1. The van der Waals surface area contributed by atoms with E-state index in [0.29, 0.717) is 21.6 Å². The lowest BCUT2D eigenvalue weighted by atomic mass is 10.2. The number of carbonyl (C=O) groups excluding carboxylic acids is 2. The van der Waals surface area contributed by atoms with Crippen LogP contribution in [-0.4, -0.2) is 36.6 Å². The molecule has 182 valence electrons. The number of para-hydroxylation sites is 2. The molecular weight excluding hydrogens is 472 g/mol. The largest absolute Gasteiger partial charge is 0.354 e. The molecular formula is C24H25ClN6O4. The van der Waals surface area contributed by atoms with E-state index in [1.807, 2.05) is 13.8 Å². The van der Waals surface area contributed by atoms with Crippen molar-refractivity contribution in [1.82, 2.24) is 24.1 Å². The van der Waals surface area contributed by atoms with Gasteiger partial charge in [-0.15, -0.1) is 5.10 Å². The minimum Gasteiger partial charge on any atom is -0.354 e. The first kappa shape index (κ1) is 24.2. The Bertz CT molecular complexity index is 1540. The molecule has 0 bridgehead atoms. The number of hydrogen-bond donors (Lipinski definition) is 2. The van der Waals surface area contributed by atoms with E-state index < -0.39 is 11.6 Å². The molecule has 0 aliphatic heterocycles. The van der Waals surface area contributed by atoms with Crippen LogP contribution >= 0.6 is 11.6 Å². The average Bonchev–Trinajstić information content (AvgIpc) is 3.16. The van der Waals surface area contributed by atoms with Gasteiger partial charge in [-0.25, -0.2) is 13.9 Å². The maximum atomic E-state index is 13.2. The summed E-state index contributed by atoms with van der Waals surface area (Å²) in [6.45, 7) is 3.50. The minimum atomic E-state index is -0.580. The summed E-state index contributed by atoms with van der Waals surface area (Å²) in [5.41, 5.74) is -0.174. The number of carbonyl (C=O) groups is 2. The third-order valence-corrected chi connectivity index (χ3v) is 6.04. The number of anilines is 1. The van der Waals surface area contributed by atoms with Crippen LogP contribution in [0.15, 0.2) is 58.1 Å². The highest BCUT2D eigenvalue weighted by Gasteiger charge is 2.19. The third-order valence-electron chi connectivity index (χ3n) is 5.71. The number of fused-ring (bicyclic) bond motifs is 3. The highest BCUT2D eigenvalue weighted by Crippen LogP contribution is 2.20. The molecule has 0 spiro atoms. The Morgan fingerprint density at radius 2 is 1.77 bits per heavy atom. The molecule has 1 atom stereocenters. The van der Waals surface area contributed by atoms with Crippen molar-refractivity contribution in [3.63, 3.8) is 0 Å². The first-order valence-electron chi connectivity index (χ1n) is 11.2. The van der Waals surface area contributed by atoms with E-state index >= 15 is 0 Å². The predicted octanol–water partition coefficient (Wildman–Crippen LogP) is 2.41. The van der Waals surface area contributed by atoms with Crippen molar-refractivity contribution in [1.29, 1.82) is 0 Å². The van der Waals surface area contributed by atoms with Crippen LogP contribution in [0.4, 0.5) is 5.69 Å². The molecule has 2 N–H and O–H groups in total. The molecule has 1 unspecified atom stereocenters. The number of benzene rings is 2. The summed E-state index contributed by atoms with van der Waals surface area (Å²) in [7, 11) is 0. The molecule has 0 saturated carbocycles. The van der Waals surface area contributed by atoms with Gasteiger partial charge >= 0.3 is 5.69 Å². The first-order chi connectivity index (χ1) is 16.8. The highest BCUT2D eigenvalue weighted by atomic mass is 35.5. The summed E-state index contributed by atoms with van der Waals surface area (Å²) in [5.74, 6) is -0.659. The summed E-state index contributed by atoms with van der Waals surface area (Å²) in [6, 6.07) is 13.4. The Hall–Kier alpha value is -3.92. The maximum Gasteiger partial charge on any atom is 0.352 e. The van der Waals surface area contributed by atoms with Gasteiger partial charge in [0.2, 0.25) is 17.6 Å². The van der Waals surface area contributed by atoms with Crippen LogP contribution in [0, 0.1) is 0 Å². The molecule has 0 aliphatic carbocycles. The number of aryl methyl sites for hydroxylation is 1. The predicted molar refractivity (Wildman–Crippen MR) is 134 cm³/mol. The van der Waals surface area contributed by atoms with Gasteiger partial charge in [0.25, 0.3) is 5.56 Å². The minimum absolute atomic E-state index is 0.00861. The maximum absolute atomic E-state index is 13.2. The molecule has 2 aromatic carbocycles. The lowest BCUT2D eigenvalue weighted by Crippen LogP contribution is -2.34. The van der Waals surface area contributed by atoms with Gasteiger partial charge < -0.3 is 10.6 Å². The van der Waals surface area contributed by atoms with Crippen LogP contribution < -0.4 is 21.9 Å². The molecule has 2 heterocycles. The van der Waals surface area contributed by atoms with Crippen molar-refractivity contribution < 1.29 is 9.59 Å². The van der Waals surface area contributed by atoms with Gasteiger partial charge in [-0.2, -0.15) is 0 Å². The van der Waals surface area contributed by atoms with Crippen LogP contribution in [0.25, 0.3) is 16.7 Å². The van der Waals surface area contributed by atoms with Crippen LogP contribution in [0.2, 0.25) is 5.02 Å². The molecule has 0 fully saturated rings. The lowest BCUT2D eigenvalue weighted by Gasteiger charge is -2.12. The van der Waals surface area contributed by atoms with Gasteiger partial charge in [-0.3, -0.25) is 19.0 Å². The van der Waals surface area contributed by atoms with Crippen LogP contribution in [0.5, 0.6) is 0 Å². The second-order valence-electron chi connectivity index (χ2n) is 8.20. The zero-order valence-electron chi connectivity index (χ0n) is 19.3. The molecule has 2 amide bonds. The second-order valence-corrected chi connectivity index (χ2v) is 8.61. The topological polar surface area (TPSA) is 120 Å². The molecule has 10 nitrogen and oxygen atoms in total. The Morgan fingerprint density at radius 1 is 1.06 bits per heavy atom. The van der Waals surface area contributed by atoms with Gasteiger partial charge in [0.05, 0.1) is 21.6 Å². The molecule has 35 heavy (non-hydrogen) atoms.